The van der Waals surface area contributed by atoms with E-state index in [-0.39, 0.29) is 5.69 Å². The summed E-state index contributed by atoms with van der Waals surface area (Å²) in [5.74, 6) is -2.27. The molecule has 0 aromatic heterocycles. The Bertz CT molecular complexity index is 441. The van der Waals surface area contributed by atoms with Crippen molar-refractivity contribution in [2.45, 2.75) is 6.42 Å². The Morgan fingerprint density at radius 2 is 2.11 bits per heavy atom. The van der Waals surface area contributed by atoms with Crippen LogP contribution in [0.1, 0.15) is 6.42 Å². The maximum atomic E-state index is 13.6. The van der Waals surface area contributed by atoms with Gasteiger partial charge in [-0.05, 0) is 26.1 Å². The molecule has 1 aromatic carbocycles. The first-order chi connectivity index (χ1) is 8.49. The second-order valence-electron chi connectivity index (χ2n) is 3.86. The van der Waals surface area contributed by atoms with E-state index in [4.69, 9.17) is 0 Å². The number of benzene rings is 1. The molecule has 7 heteroatoms. The van der Waals surface area contributed by atoms with Crippen molar-refractivity contribution in [1.82, 2.24) is 5.32 Å². The standard InChI is InChI=1S/C11H15F2N3O2/c1-14-6-3-7-15(2)11-9(16(17)18)5-4-8(12)10(11)13/h4-5,14H,3,6-7H2,1-2H3. The average Bonchev–Trinajstić information content (AvgIpc) is 2.32. The molecular formula is C11H15F2N3O2. The summed E-state index contributed by atoms with van der Waals surface area (Å²) in [6.45, 7) is 1.08. The van der Waals surface area contributed by atoms with E-state index in [1.165, 1.54) is 11.9 Å². The summed E-state index contributed by atoms with van der Waals surface area (Å²) in [5.41, 5.74) is -0.739. The van der Waals surface area contributed by atoms with E-state index in [1.807, 2.05) is 0 Å². The first kappa shape index (κ1) is 14.3. The predicted molar refractivity (Wildman–Crippen MR) is 64.8 cm³/mol. The minimum absolute atomic E-state index is 0.309. The van der Waals surface area contributed by atoms with E-state index in [0.29, 0.717) is 19.5 Å². The van der Waals surface area contributed by atoms with Gasteiger partial charge in [-0.15, -0.1) is 0 Å². The molecule has 0 unspecified atom stereocenters. The summed E-state index contributed by atoms with van der Waals surface area (Å²) >= 11 is 0. The third-order valence-electron chi connectivity index (χ3n) is 2.55. The van der Waals surface area contributed by atoms with Gasteiger partial charge in [-0.1, -0.05) is 0 Å². The fourth-order valence-corrected chi connectivity index (χ4v) is 1.65. The fraction of sp³-hybridized carbons (Fsp3) is 0.455. The van der Waals surface area contributed by atoms with Crippen molar-refractivity contribution in [1.29, 1.82) is 0 Å². The molecule has 0 amide bonds. The Kier molecular flexibility index (Phi) is 4.96. The van der Waals surface area contributed by atoms with Gasteiger partial charge in [0.25, 0.3) is 5.69 Å². The molecule has 0 aliphatic carbocycles. The van der Waals surface area contributed by atoms with Gasteiger partial charge in [-0.2, -0.15) is 0 Å². The Morgan fingerprint density at radius 1 is 1.44 bits per heavy atom. The van der Waals surface area contributed by atoms with E-state index in [2.05, 4.69) is 5.32 Å². The zero-order valence-corrected chi connectivity index (χ0v) is 10.2. The predicted octanol–water partition coefficient (Wildman–Crippen LogP) is 1.92. The topological polar surface area (TPSA) is 58.4 Å². The first-order valence-corrected chi connectivity index (χ1v) is 5.47. The van der Waals surface area contributed by atoms with Crippen LogP contribution in [0.4, 0.5) is 20.2 Å². The summed E-state index contributed by atoms with van der Waals surface area (Å²) in [5, 5.41) is 13.7. The smallest absolute Gasteiger partial charge is 0.295 e. The van der Waals surface area contributed by atoms with Crippen LogP contribution in [0.15, 0.2) is 12.1 Å². The van der Waals surface area contributed by atoms with Crippen LogP contribution in [0.25, 0.3) is 0 Å². The molecule has 0 aliphatic heterocycles. The monoisotopic (exact) mass is 259 g/mol. The summed E-state index contributed by atoms with van der Waals surface area (Å²) < 4.78 is 26.8. The number of nitro benzene ring substituents is 1. The molecule has 0 radical (unpaired) electrons. The number of nitrogens with zero attached hydrogens (tertiary/aromatic N) is 2. The van der Waals surface area contributed by atoms with E-state index in [0.717, 1.165) is 12.1 Å². The maximum absolute atomic E-state index is 13.6. The fourth-order valence-electron chi connectivity index (χ4n) is 1.65. The molecule has 0 saturated heterocycles. The minimum atomic E-state index is -1.18. The highest BCUT2D eigenvalue weighted by atomic mass is 19.2. The molecule has 0 fully saturated rings. The van der Waals surface area contributed by atoms with Crippen molar-refractivity contribution in [2.75, 3.05) is 32.1 Å². The summed E-state index contributed by atoms with van der Waals surface area (Å²) in [6.07, 6.45) is 0.667. The first-order valence-electron chi connectivity index (χ1n) is 5.47. The lowest BCUT2D eigenvalue weighted by Gasteiger charge is -2.19. The van der Waals surface area contributed by atoms with Crippen LogP contribution in [-0.2, 0) is 0 Å². The second kappa shape index (κ2) is 6.25. The molecule has 0 spiro atoms. The van der Waals surface area contributed by atoms with Crippen LogP contribution >= 0.6 is 0 Å². The lowest BCUT2D eigenvalue weighted by Crippen LogP contribution is -2.24. The van der Waals surface area contributed by atoms with E-state index in [9.17, 15) is 18.9 Å². The van der Waals surface area contributed by atoms with Gasteiger partial charge >= 0.3 is 0 Å². The highest BCUT2D eigenvalue weighted by molar-refractivity contribution is 5.63. The SMILES string of the molecule is CNCCCN(C)c1c([N+](=O)[O-])ccc(F)c1F. The molecule has 1 N–H and O–H groups in total. The van der Waals surface area contributed by atoms with Crippen LogP contribution in [-0.4, -0.2) is 32.1 Å². The van der Waals surface area contributed by atoms with Gasteiger partial charge in [0.05, 0.1) is 4.92 Å². The van der Waals surface area contributed by atoms with E-state index >= 15 is 0 Å². The van der Waals surface area contributed by atoms with Crippen molar-refractivity contribution in [3.63, 3.8) is 0 Å². The lowest BCUT2D eigenvalue weighted by atomic mass is 10.2. The largest absolute Gasteiger partial charge is 0.367 e. The van der Waals surface area contributed by atoms with Crippen molar-refractivity contribution in [3.05, 3.63) is 33.9 Å². The number of halogens is 2. The van der Waals surface area contributed by atoms with Crippen LogP contribution in [0, 0.1) is 21.7 Å². The third-order valence-corrected chi connectivity index (χ3v) is 2.55. The maximum Gasteiger partial charge on any atom is 0.295 e. The van der Waals surface area contributed by atoms with Gasteiger partial charge in [0.1, 0.15) is 0 Å². The Morgan fingerprint density at radius 3 is 2.67 bits per heavy atom. The summed E-state index contributed by atoms with van der Waals surface area (Å²) in [4.78, 5) is 11.4. The van der Waals surface area contributed by atoms with Gasteiger partial charge in [0.15, 0.2) is 17.3 Å². The van der Waals surface area contributed by atoms with E-state index in [1.54, 1.807) is 7.05 Å². The number of hydrogen-bond acceptors (Lipinski definition) is 4. The number of hydrogen-bond donors (Lipinski definition) is 1. The van der Waals surface area contributed by atoms with Crippen molar-refractivity contribution in [2.24, 2.45) is 0 Å². The molecule has 0 aliphatic rings. The number of rotatable bonds is 6. The molecular weight excluding hydrogens is 244 g/mol. The molecule has 0 atom stereocenters. The van der Waals surface area contributed by atoms with Crippen molar-refractivity contribution in [3.8, 4) is 0 Å². The highest BCUT2D eigenvalue weighted by Gasteiger charge is 2.24. The quantitative estimate of drug-likeness (QED) is 0.481. The summed E-state index contributed by atoms with van der Waals surface area (Å²) in [7, 11) is 3.27. The van der Waals surface area contributed by atoms with Crippen LogP contribution in [0.5, 0.6) is 0 Å². The Labute approximate surface area is 104 Å². The molecule has 0 saturated carbocycles. The Hall–Kier alpha value is -1.76. The Balaban J connectivity index is 3.04. The number of anilines is 1. The van der Waals surface area contributed by atoms with E-state index < -0.39 is 22.2 Å². The van der Waals surface area contributed by atoms with Gasteiger partial charge in [0, 0.05) is 19.7 Å². The zero-order valence-electron chi connectivity index (χ0n) is 10.2. The van der Waals surface area contributed by atoms with Crippen LogP contribution < -0.4 is 10.2 Å². The summed E-state index contributed by atoms with van der Waals surface area (Å²) in [6, 6.07) is 1.74. The third kappa shape index (κ3) is 3.13. The molecule has 0 heterocycles. The number of nitro groups is 1. The molecule has 1 rings (SSSR count). The number of nitrogens with one attached hydrogen (secondary N) is 1. The lowest BCUT2D eigenvalue weighted by molar-refractivity contribution is -0.384. The average molecular weight is 259 g/mol. The van der Waals surface area contributed by atoms with Gasteiger partial charge in [-0.25, -0.2) is 8.78 Å². The van der Waals surface area contributed by atoms with Crippen LogP contribution in [0.3, 0.4) is 0 Å². The van der Waals surface area contributed by atoms with Gasteiger partial charge in [-0.3, -0.25) is 10.1 Å². The normalized spacial score (nSPS) is 10.4. The van der Waals surface area contributed by atoms with Crippen molar-refractivity contribution < 1.29 is 13.7 Å². The molecule has 0 bridgehead atoms. The molecule has 18 heavy (non-hydrogen) atoms. The second-order valence-corrected chi connectivity index (χ2v) is 3.86. The van der Waals surface area contributed by atoms with Crippen molar-refractivity contribution >= 4 is 11.4 Å². The minimum Gasteiger partial charge on any atom is -0.367 e. The van der Waals surface area contributed by atoms with Crippen LogP contribution in [0.2, 0.25) is 0 Å². The van der Waals surface area contributed by atoms with Gasteiger partial charge < -0.3 is 10.2 Å². The molecule has 1 aromatic rings. The zero-order chi connectivity index (χ0) is 13.7. The molecule has 100 valence electrons. The van der Waals surface area contributed by atoms with Gasteiger partial charge in [0.2, 0.25) is 0 Å². The molecule has 5 nitrogen and oxygen atoms in total. The highest BCUT2D eigenvalue weighted by Crippen LogP contribution is 2.31.